The van der Waals surface area contributed by atoms with Crippen molar-refractivity contribution in [3.63, 3.8) is 0 Å². The van der Waals surface area contributed by atoms with Crippen molar-refractivity contribution in [3.05, 3.63) is 0 Å². The maximum Gasteiger partial charge on any atom is 0.407 e. The summed E-state index contributed by atoms with van der Waals surface area (Å²) in [5.74, 6) is 0. The number of ether oxygens (including phenoxy) is 2. The lowest BCUT2D eigenvalue weighted by Crippen LogP contribution is -2.36. The van der Waals surface area contributed by atoms with Crippen LogP contribution in [-0.2, 0) is 9.47 Å². The van der Waals surface area contributed by atoms with Gasteiger partial charge in [0.1, 0.15) is 5.60 Å². The van der Waals surface area contributed by atoms with E-state index in [0.717, 1.165) is 0 Å². The van der Waals surface area contributed by atoms with E-state index in [1.54, 1.807) is 0 Å². The number of carbonyl (C=O) groups is 1. The molecule has 4 heteroatoms. The van der Waals surface area contributed by atoms with Gasteiger partial charge in [0.25, 0.3) is 0 Å². The molecule has 0 unspecified atom stereocenters. The van der Waals surface area contributed by atoms with Gasteiger partial charge in [0.2, 0.25) is 0 Å². The first-order chi connectivity index (χ1) is 6.35. The molecule has 0 aliphatic carbocycles. The van der Waals surface area contributed by atoms with Gasteiger partial charge in [0, 0.05) is 13.2 Å². The molecule has 0 saturated heterocycles. The second kappa shape index (κ2) is 5.86. The van der Waals surface area contributed by atoms with Gasteiger partial charge in [-0.1, -0.05) is 0 Å². The van der Waals surface area contributed by atoms with Crippen LogP contribution >= 0.6 is 0 Å². The van der Waals surface area contributed by atoms with Gasteiger partial charge in [0.15, 0.2) is 0 Å². The van der Waals surface area contributed by atoms with Crippen LogP contribution in [0.25, 0.3) is 0 Å². The third-order valence-corrected chi connectivity index (χ3v) is 1.38. The molecular weight excluding hydrogens is 182 g/mol. The highest BCUT2D eigenvalue weighted by molar-refractivity contribution is 5.67. The zero-order valence-electron chi connectivity index (χ0n) is 9.72. The molecule has 0 radical (unpaired) electrons. The third-order valence-electron chi connectivity index (χ3n) is 1.38. The molecule has 0 spiro atoms. The first-order valence-corrected chi connectivity index (χ1v) is 4.93. The van der Waals surface area contributed by atoms with E-state index >= 15 is 0 Å². The first kappa shape index (κ1) is 13.2. The second-order valence-corrected chi connectivity index (χ2v) is 4.15. The minimum Gasteiger partial charge on any atom is -0.444 e. The molecule has 84 valence electrons. The minimum absolute atomic E-state index is 0.0209. The van der Waals surface area contributed by atoms with Gasteiger partial charge in [0.05, 0.1) is 6.10 Å². The first-order valence-electron chi connectivity index (χ1n) is 4.93. The fraction of sp³-hybridized carbons (Fsp3) is 0.900. The highest BCUT2D eigenvalue weighted by Gasteiger charge is 2.16. The lowest BCUT2D eigenvalue weighted by Gasteiger charge is -2.20. The predicted octanol–water partition coefficient (Wildman–Crippen LogP) is 1.94. The van der Waals surface area contributed by atoms with E-state index in [-0.39, 0.29) is 6.10 Å². The fourth-order valence-corrected chi connectivity index (χ4v) is 0.885. The summed E-state index contributed by atoms with van der Waals surface area (Å²) in [7, 11) is 0. The summed E-state index contributed by atoms with van der Waals surface area (Å²) in [5.41, 5.74) is -0.446. The number of rotatable bonds is 4. The Kier molecular flexibility index (Phi) is 5.53. The van der Waals surface area contributed by atoms with Gasteiger partial charge >= 0.3 is 6.09 Å². The van der Waals surface area contributed by atoms with Crippen LogP contribution in [-0.4, -0.2) is 30.9 Å². The van der Waals surface area contributed by atoms with Crippen LogP contribution < -0.4 is 5.32 Å². The average molecular weight is 203 g/mol. The predicted molar refractivity (Wildman–Crippen MR) is 55.3 cm³/mol. The van der Waals surface area contributed by atoms with Gasteiger partial charge < -0.3 is 14.8 Å². The average Bonchev–Trinajstić information content (AvgIpc) is 1.98. The zero-order valence-corrected chi connectivity index (χ0v) is 9.72. The number of amides is 1. The molecule has 0 bridgehead atoms. The van der Waals surface area contributed by atoms with Crippen LogP contribution in [0, 0.1) is 0 Å². The van der Waals surface area contributed by atoms with E-state index in [1.165, 1.54) is 0 Å². The quantitative estimate of drug-likeness (QED) is 0.759. The molecule has 14 heavy (non-hydrogen) atoms. The molecule has 0 aliphatic heterocycles. The Morgan fingerprint density at radius 2 is 2.00 bits per heavy atom. The maximum atomic E-state index is 11.2. The number of carbonyl (C=O) groups excluding carboxylic acids is 1. The Morgan fingerprint density at radius 1 is 1.43 bits per heavy atom. The largest absolute Gasteiger partial charge is 0.444 e. The molecule has 1 atom stereocenters. The monoisotopic (exact) mass is 203 g/mol. The molecule has 0 aliphatic rings. The summed E-state index contributed by atoms with van der Waals surface area (Å²) in [5, 5.41) is 2.64. The summed E-state index contributed by atoms with van der Waals surface area (Å²) in [6.45, 7) is 10.4. The summed E-state index contributed by atoms with van der Waals surface area (Å²) < 4.78 is 10.3. The number of nitrogens with one attached hydrogen (secondary N) is 1. The topological polar surface area (TPSA) is 47.6 Å². The Morgan fingerprint density at radius 3 is 2.43 bits per heavy atom. The van der Waals surface area contributed by atoms with Gasteiger partial charge in [-0.3, -0.25) is 0 Å². The van der Waals surface area contributed by atoms with Crippen molar-refractivity contribution in [2.24, 2.45) is 0 Å². The van der Waals surface area contributed by atoms with Gasteiger partial charge in [-0.05, 0) is 34.6 Å². The molecule has 0 fully saturated rings. The Hall–Kier alpha value is -0.770. The van der Waals surface area contributed by atoms with E-state index < -0.39 is 11.7 Å². The van der Waals surface area contributed by atoms with Crippen molar-refractivity contribution < 1.29 is 14.3 Å². The van der Waals surface area contributed by atoms with Crippen LogP contribution in [0.2, 0.25) is 0 Å². The van der Waals surface area contributed by atoms with Crippen molar-refractivity contribution in [3.8, 4) is 0 Å². The van der Waals surface area contributed by atoms with E-state index in [2.05, 4.69) is 5.32 Å². The highest BCUT2D eigenvalue weighted by Crippen LogP contribution is 2.06. The Labute approximate surface area is 86.0 Å². The van der Waals surface area contributed by atoms with Gasteiger partial charge in [-0.2, -0.15) is 0 Å². The molecule has 0 heterocycles. The molecular formula is C10H21NO3. The molecule has 0 rings (SSSR count). The molecule has 0 aromatic rings. The minimum atomic E-state index is -0.446. The maximum absolute atomic E-state index is 11.2. The van der Waals surface area contributed by atoms with Crippen LogP contribution in [0.1, 0.15) is 34.6 Å². The lowest BCUT2D eigenvalue weighted by atomic mass is 10.2. The summed E-state index contributed by atoms with van der Waals surface area (Å²) in [4.78, 5) is 11.2. The Bertz CT molecular complexity index is 175. The zero-order chi connectivity index (χ0) is 11.2. The highest BCUT2D eigenvalue weighted by atomic mass is 16.6. The van der Waals surface area contributed by atoms with E-state index in [9.17, 15) is 4.79 Å². The number of hydrogen-bond donors (Lipinski definition) is 1. The van der Waals surface area contributed by atoms with Crippen molar-refractivity contribution >= 4 is 6.09 Å². The van der Waals surface area contributed by atoms with Crippen LogP contribution in [0.4, 0.5) is 4.79 Å². The number of hydrogen-bond acceptors (Lipinski definition) is 3. The van der Waals surface area contributed by atoms with Gasteiger partial charge in [-0.25, -0.2) is 4.79 Å². The second-order valence-electron chi connectivity index (χ2n) is 4.15. The van der Waals surface area contributed by atoms with E-state index in [1.807, 2.05) is 34.6 Å². The lowest BCUT2D eigenvalue weighted by molar-refractivity contribution is 0.0422. The molecule has 4 nitrogen and oxygen atoms in total. The molecule has 0 aromatic heterocycles. The van der Waals surface area contributed by atoms with Crippen molar-refractivity contribution in [1.29, 1.82) is 0 Å². The molecule has 0 aromatic carbocycles. The SMILES string of the molecule is CCO[C@H](C)CNC(=O)OC(C)(C)C. The van der Waals surface area contributed by atoms with Crippen LogP contribution in [0.5, 0.6) is 0 Å². The standard InChI is InChI=1S/C10H21NO3/c1-6-13-8(2)7-11-9(12)14-10(3,4)5/h8H,6-7H2,1-5H3,(H,11,12)/t8-/m1/s1. The Balaban J connectivity index is 3.64. The molecule has 1 N–H and O–H groups in total. The van der Waals surface area contributed by atoms with Crippen molar-refractivity contribution in [2.45, 2.75) is 46.3 Å². The summed E-state index contributed by atoms with van der Waals surface area (Å²) in [6, 6.07) is 0. The van der Waals surface area contributed by atoms with E-state index in [0.29, 0.717) is 13.2 Å². The normalized spacial score (nSPS) is 13.5. The molecule has 1 amide bonds. The third kappa shape index (κ3) is 7.86. The summed E-state index contributed by atoms with van der Waals surface area (Å²) in [6.07, 6.45) is -0.378. The van der Waals surface area contributed by atoms with E-state index in [4.69, 9.17) is 9.47 Å². The fourth-order valence-electron chi connectivity index (χ4n) is 0.885. The number of alkyl carbamates (subject to hydrolysis) is 1. The van der Waals surface area contributed by atoms with Gasteiger partial charge in [-0.15, -0.1) is 0 Å². The van der Waals surface area contributed by atoms with Crippen LogP contribution in [0.3, 0.4) is 0 Å². The van der Waals surface area contributed by atoms with Crippen molar-refractivity contribution in [2.75, 3.05) is 13.2 Å². The van der Waals surface area contributed by atoms with Crippen LogP contribution in [0.15, 0.2) is 0 Å². The molecule has 0 saturated carbocycles. The summed E-state index contributed by atoms with van der Waals surface area (Å²) >= 11 is 0. The van der Waals surface area contributed by atoms with Crippen molar-refractivity contribution in [1.82, 2.24) is 5.32 Å². The smallest absolute Gasteiger partial charge is 0.407 e.